The molecule has 0 bridgehead atoms. The number of hydrogen-bond donors (Lipinski definition) is 0. The van der Waals surface area contributed by atoms with Crippen molar-refractivity contribution in [2.24, 2.45) is 0 Å². The molecule has 3 aromatic heterocycles. The maximum Gasteiger partial charge on any atom is 0.231 e. The summed E-state index contributed by atoms with van der Waals surface area (Å²) in [6.07, 6.45) is 5.80. The Labute approximate surface area is 141 Å². The van der Waals surface area contributed by atoms with Crippen molar-refractivity contribution in [2.45, 2.75) is 25.8 Å². The molecule has 0 N–H and O–H groups in total. The van der Waals surface area contributed by atoms with E-state index < -0.39 is 0 Å². The molecule has 0 spiro atoms. The van der Waals surface area contributed by atoms with Crippen LogP contribution in [0.3, 0.4) is 0 Å². The molecular formula is C17H21N7. The fourth-order valence-electron chi connectivity index (χ4n) is 3.32. The van der Waals surface area contributed by atoms with Crippen molar-refractivity contribution in [3.8, 4) is 0 Å². The van der Waals surface area contributed by atoms with Gasteiger partial charge in [0.2, 0.25) is 5.95 Å². The molecule has 0 saturated carbocycles. The van der Waals surface area contributed by atoms with E-state index in [9.17, 15) is 0 Å². The van der Waals surface area contributed by atoms with E-state index in [-0.39, 0.29) is 0 Å². The molecule has 0 atom stereocenters. The van der Waals surface area contributed by atoms with E-state index in [2.05, 4.69) is 41.4 Å². The zero-order valence-electron chi connectivity index (χ0n) is 14.0. The van der Waals surface area contributed by atoms with Gasteiger partial charge < -0.3 is 9.80 Å². The minimum atomic E-state index is 0.481. The Hall–Kier alpha value is -2.70. The number of rotatable bonds is 3. The Bertz CT molecular complexity index is 836. The summed E-state index contributed by atoms with van der Waals surface area (Å²) in [5.74, 6) is 1.93. The first-order chi connectivity index (χ1) is 11.7. The minimum Gasteiger partial charge on any atom is -0.356 e. The summed E-state index contributed by atoms with van der Waals surface area (Å²) in [6, 6.07) is 8.50. The molecule has 0 unspecified atom stereocenters. The van der Waals surface area contributed by atoms with Gasteiger partial charge in [0.25, 0.3) is 0 Å². The van der Waals surface area contributed by atoms with E-state index in [0.29, 0.717) is 6.04 Å². The van der Waals surface area contributed by atoms with Crippen LogP contribution in [-0.2, 0) is 0 Å². The second-order valence-corrected chi connectivity index (χ2v) is 6.28. The third kappa shape index (κ3) is 2.66. The maximum absolute atomic E-state index is 4.40. The molecule has 7 heteroatoms. The Morgan fingerprint density at radius 2 is 1.96 bits per heavy atom. The van der Waals surface area contributed by atoms with E-state index in [1.807, 2.05) is 37.4 Å². The fraction of sp³-hybridized carbons (Fsp3) is 0.412. The number of aromatic nitrogens is 5. The minimum absolute atomic E-state index is 0.481. The van der Waals surface area contributed by atoms with Gasteiger partial charge in [-0.1, -0.05) is 6.07 Å². The number of hydrogen-bond acceptors (Lipinski definition) is 6. The summed E-state index contributed by atoms with van der Waals surface area (Å²) in [5, 5.41) is 8.61. The Kier molecular flexibility index (Phi) is 3.76. The lowest BCUT2D eigenvalue weighted by atomic mass is 10.0. The van der Waals surface area contributed by atoms with E-state index in [0.717, 1.165) is 49.0 Å². The summed E-state index contributed by atoms with van der Waals surface area (Å²) in [5.41, 5.74) is 1.89. The van der Waals surface area contributed by atoms with Crippen molar-refractivity contribution < 1.29 is 0 Å². The SMILES string of the molecule is Cc1cc(N(C)C2CCN(c3nnc4ccccn34)CC2)ncn1. The van der Waals surface area contributed by atoms with Gasteiger partial charge in [-0.05, 0) is 31.9 Å². The number of anilines is 2. The molecule has 0 amide bonds. The molecule has 24 heavy (non-hydrogen) atoms. The van der Waals surface area contributed by atoms with Crippen LogP contribution in [0.25, 0.3) is 5.65 Å². The molecule has 1 aliphatic rings. The largest absolute Gasteiger partial charge is 0.356 e. The lowest BCUT2D eigenvalue weighted by molar-refractivity contribution is 0.474. The van der Waals surface area contributed by atoms with Crippen LogP contribution in [0.1, 0.15) is 18.5 Å². The quantitative estimate of drug-likeness (QED) is 0.734. The van der Waals surface area contributed by atoms with Crippen molar-refractivity contribution in [2.75, 3.05) is 29.9 Å². The molecule has 1 aliphatic heterocycles. The van der Waals surface area contributed by atoms with Crippen LogP contribution in [0.5, 0.6) is 0 Å². The van der Waals surface area contributed by atoms with E-state index in [1.54, 1.807) is 6.33 Å². The summed E-state index contributed by atoms with van der Waals surface area (Å²) < 4.78 is 2.05. The first kappa shape index (κ1) is 14.9. The number of aryl methyl sites for hydroxylation is 1. The second kappa shape index (κ2) is 6.07. The molecule has 3 aromatic rings. The summed E-state index contributed by atoms with van der Waals surface area (Å²) in [6.45, 7) is 3.93. The van der Waals surface area contributed by atoms with Crippen LogP contribution in [0.4, 0.5) is 11.8 Å². The first-order valence-corrected chi connectivity index (χ1v) is 8.28. The van der Waals surface area contributed by atoms with Crippen LogP contribution < -0.4 is 9.80 Å². The highest BCUT2D eigenvalue weighted by atomic mass is 15.4. The van der Waals surface area contributed by atoms with Gasteiger partial charge in [0.1, 0.15) is 12.1 Å². The molecule has 1 fully saturated rings. The van der Waals surface area contributed by atoms with Gasteiger partial charge in [0.05, 0.1) is 0 Å². The molecule has 124 valence electrons. The second-order valence-electron chi connectivity index (χ2n) is 6.28. The van der Waals surface area contributed by atoms with Gasteiger partial charge in [-0.2, -0.15) is 0 Å². The Morgan fingerprint density at radius 3 is 2.75 bits per heavy atom. The predicted molar refractivity (Wildman–Crippen MR) is 93.4 cm³/mol. The van der Waals surface area contributed by atoms with Crippen LogP contribution in [0, 0.1) is 6.92 Å². The summed E-state index contributed by atoms with van der Waals surface area (Å²) in [4.78, 5) is 13.2. The lowest BCUT2D eigenvalue weighted by Crippen LogP contribution is -2.44. The number of piperidine rings is 1. The smallest absolute Gasteiger partial charge is 0.231 e. The van der Waals surface area contributed by atoms with E-state index >= 15 is 0 Å². The molecule has 7 nitrogen and oxygen atoms in total. The average Bonchev–Trinajstić information content (AvgIpc) is 3.05. The van der Waals surface area contributed by atoms with Gasteiger partial charge >= 0.3 is 0 Å². The predicted octanol–water partition coefficient (Wildman–Crippen LogP) is 1.93. The van der Waals surface area contributed by atoms with Crippen LogP contribution in [-0.4, -0.2) is 50.7 Å². The summed E-state index contributed by atoms with van der Waals surface area (Å²) >= 11 is 0. The highest BCUT2D eigenvalue weighted by molar-refractivity contribution is 5.47. The first-order valence-electron chi connectivity index (χ1n) is 8.28. The molecule has 4 heterocycles. The third-order valence-corrected chi connectivity index (χ3v) is 4.74. The van der Waals surface area contributed by atoms with Crippen molar-refractivity contribution in [3.05, 3.63) is 42.5 Å². The van der Waals surface area contributed by atoms with Gasteiger partial charge in [-0.25, -0.2) is 9.97 Å². The topological polar surface area (TPSA) is 62.5 Å². The van der Waals surface area contributed by atoms with Crippen LogP contribution >= 0.6 is 0 Å². The van der Waals surface area contributed by atoms with Gasteiger partial charge in [-0.3, -0.25) is 4.40 Å². The monoisotopic (exact) mass is 323 g/mol. The van der Waals surface area contributed by atoms with Gasteiger partial charge in [0.15, 0.2) is 5.65 Å². The Morgan fingerprint density at radius 1 is 1.12 bits per heavy atom. The Balaban J connectivity index is 1.47. The summed E-state index contributed by atoms with van der Waals surface area (Å²) in [7, 11) is 2.12. The average molecular weight is 323 g/mol. The van der Waals surface area contributed by atoms with Crippen LogP contribution in [0.2, 0.25) is 0 Å². The lowest BCUT2D eigenvalue weighted by Gasteiger charge is -2.37. The van der Waals surface area contributed by atoms with E-state index in [1.165, 1.54) is 0 Å². The standard InChI is InChI=1S/C17H21N7/c1-13-11-16(19-12-18-13)22(2)14-6-9-23(10-7-14)17-21-20-15-5-3-4-8-24(15)17/h3-5,8,11-12,14H,6-7,9-10H2,1-2H3. The van der Waals surface area contributed by atoms with Crippen molar-refractivity contribution in [1.82, 2.24) is 24.6 Å². The highest BCUT2D eigenvalue weighted by Crippen LogP contribution is 2.23. The van der Waals surface area contributed by atoms with Crippen molar-refractivity contribution >= 4 is 17.4 Å². The number of pyridine rings is 1. The van der Waals surface area contributed by atoms with Gasteiger partial charge in [-0.15, -0.1) is 10.2 Å². The normalized spacial score (nSPS) is 15.8. The molecule has 4 rings (SSSR count). The number of nitrogens with zero attached hydrogens (tertiary/aromatic N) is 7. The molecule has 0 aliphatic carbocycles. The maximum atomic E-state index is 4.40. The van der Waals surface area contributed by atoms with Crippen molar-refractivity contribution in [1.29, 1.82) is 0 Å². The zero-order valence-corrected chi connectivity index (χ0v) is 14.0. The molecular weight excluding hydrogens is 302 g/mol. The van der Waals surface area contributed by atoms with Crippen LogP contribution in [0.15, 0.2) is 36.8 Å². The van der Waals surface area contributed by atoms with Crippen molar-refractivity contribution in [3.63, 3.8) is 0 Å². The molecule has 0 radical (unpaired) electrons. The fourth-order valence-corrected chi connectivity index (χ4v) is 3.32. The third-order valence-electron chi connectivity index (χ3n) is 4.74. The van der Waals surface area contributed by atoms with E-state index in [4.69, 9.17) is 0 Å². The zero-order chi connectivity index (χ0) is 16.5. The number of fused-ring (bicyclic) bond motifs is 1. The highest BCUT2D eigenvalue weighted by Gasteiger charge is 2.25. The molecule has 1 saturated heterocycles. The van der Waals surface area contributed by atoms with Gasteiger partial charge in [0, 0.05) is 44.1 Å². The molecule has 0 aromatic carbocycles.